The summed E-state index contributed by atoms with van der Waals surface area (Å²) >= 11 is 0. The lowest BCUT2D eigenvalue weighted by molar-refractivity contribution is -0.115. The molecule has 2 aliphatic rings. The molecule has 2 fully saturated rings. The number of benzene rings is 1. The quantitative estimate of drug-likeness (QED) is 0.845. The summed E-state index contributed by atoms with van der Waals surface area (Å²) < 4.78 is 0. The summed E-state index contributed by atoms with van der Waals surface area (Å²) in [6, 6.07) is 5.98. The van der Waals surface area contributed by atoms with E-state index in [0.717, 1.165) is 31.6 Å². The van der Waals surface area contributed by atoms with Crippen LogP contribution in [0.1, 0.15) is 55.8 Å². The van der Waals surface area contributed by atoms with Crippen LogP contribution in [-0.2, 0) is 4.79 Å². The molecule has 142 valence electrons. The highest BCUT2D eigenvalue weighted by Gasteiger charge is 2.26. The van der Waals surface area contributed by atoms with Crippen molar-refractivity contribution >= 4 is 23.3 Å². The molecular weight excluding hydrogens is 330 g/mol. The smallest absolute Gasteiger partial charge is 0.337 e. The average Bonchev–Trinajstić information content (AvgIpc) is 2.69. The van der Waals surface area contributed by atoms with Crippen LogP contribution in [-0.4, -0.2) is 54.1 Å². The fraction of sp³-hybridized carbons (Fsp3) is 0.600. The molecule has 2 N–H and O–H groups in total. The van der Waals surface area contributed by atoms with Crippen LogP contribution in [0.25, 0.3) is 0 Å². The van der Waals surface area contributed by atoms with E-state index < -0.39 is 5.97 Å². The molecule has 0 radical (unpaired) electrons. The van der Waals surface area contributed by atoms with Crippen molar-refractivity contribution in [3.05, 3.63) is 23.8 Å². The van der Waals surface area contributed by atoms with Gasteiger partial charge in [-0.25, -0.2) is 4.79 Å². The first-order valence-corrected chi connectivity index (χ1v) is 9.74. The van der Waals surface area contributed by atoms with Crippen molar-refractivity contribution in [2.24, 2.45) is 0 Å². The zero-order valence-electron chi connectivity index (χ0n) is 15.5. The highest BCUT2D eigenvalue weighted by atomic mass is 16.4. The average molecular weight is 359 g/mol. The topological polar surface area (TPSA) is 72.9 Å². The number of nitrogens with zero attached hydrogens (tertiary/aromatic N) is 2. The molecule has 0 bridgehead atoms. The van der Waals surface area contributed by atoms with Gasteiger partial charge in [0.25, 0.3) is 0 Å². The molecule has 2 heterocycles. The first-order chi connectivity index (χ1) is 12.6. The summed E-state index contributed by atoms with van der Waals surface area (Å²) in [5, 5.41) is 12.2. The van der Waals surface area contributed by atoms with Crippen molar-refractivity contribution in [3.63, 3.8) is 0 Å². The Kier molecular flexibility index (Phi) is 6.14. The minimum absolute atomic E-state index is 0.155. The van der Waals surface area contributed by atoms with Crippen LogP contribution in [0, 0.1) is 0 Å². The van der Waals surface area contributed by atoms with Gasteiger partial charge in [-0.3, -0.25) is 4.79 Å². The lowest BCUT2D eigenvalue weighted by atomic mass is 9.99. The Morgan fingerprint density at radius 2 is 1.81 bits per heavy atom. The summed E-state index contributed by atoms with van der Waals surface area (Å²) in [5.74, 6) is -1.19. The van der Waals surface area contributed by atoms with E-state index in [2.05, 4.69) is 15.1 Å². The maximum Gasteiger partial charge on any atom is 0.337 e. The zero-order chi connectivity index (χ0) is 18.5. The summed E-state index contributed by atoms with van der Waals surface area (Å²) in [4.78, 5) is 28.1. The molecule has 1 amide bonds. The van der Waals surface area contributed by atoms with Crippen LogP contribution in [0.5, 0.6) is 0 Å². The number of rotatable bonds is 5. The monoisotopic (exact) mass is 359 g/mol. The van der Waals surface area contributed by atoms with Crippen molar-refractivity contribution in [2.45, 2.75) is 51.5 Å². The molecule has 0 saturated carbocycles. The Bertz CT molecular complexity index is 648. The molecule has 3 rings (SSSR count). The normalized spacial score (nSPS) is 19.3. The van der Waals surface area contributed by atoms with Gasteiger partial charge in [0.15, 0.2) is 0 Å². The number of nitrogens with one attached hydrogen (secondary N) is 1. The van der Waals surface area contributed by atoms with Crippen LogP contribution in [0.4, 0.5) is 11.4 Å². The van der Waals surface area contributed by atoms with Crippen LogP contribution >= 0.6 is 0 Å². The molecule has 1 aromatic carbocycles. The van der Waals surface area contributed by atoms with Gasteiger partial charge < -0.3 is 20.2 Å². The van der Waals surface area contributed by atoms with Gasteiger partial charge in [0.1, 0.15) is 0 Å². The number of carboxylic acid groups (broad SMARTS) is 1. The molecule has 0 spiro atoms. The number of piperidine rings is 2. The third-order valence-corrected chi connectivity index (χ3v) is 5.57. The van der Waals surface area contributed by atoms with Crippen LogP contribution < -0.4 is 10.2 Å². The van der Waals surface area contributed by atoms with Crippen molar-refractivity contribution in [2.75, 3.05) is 36.4 Å². The van der Waals surface area contributed by atoms with E-state index in [1.54, 1.807) is 19.1 Å². The maximum atomic E-state index is 11.6. The molecule has 2 aliphatic heterocycles. The molecule has 6 nitrogen and oxygen atoms in total. The lowest BCUT2D eigenvalue weighted by Crippen LogP contribution is -2.46. The number of carbonyl (C=O) groups is 2. The molecule has 0 atom stereocenters. The molecule has 26 heavy (non-hydrogen) atoms. The van der Waals surface area contributed by atoms with Gasteiger partial charge >= 0.3 is 5.97 Å². The predicted molar refractivity (Wildman–Crippen MR) is 103 cm³/mol. The van der Waals surface area contributed by atoms with Crippen molar-refractivity contribution in [1.29, 1.82) is 0 Å². The highest BCUT2D eigenvalue weighted by molar-refractivity contribution is 6.01. The van der Waals surface area contributed by atoms with Gasteiger partial charge in [-0.2, -0.15) is 0 Å². The number of anilines is 2. The fourth-order valence-electron chi connectivity index (χ4n) is 4.03. The predicted octanol–water partition coefficient (Wildman–Crippen LogP) is 3.19. The van der Waals surface area contributed by atoms with Crippen molar-refractivity contribution in [1.82, 2.24) is 4.90 Å². The van der Waals surface area contributed by atoms with E-state index in [4.69, 9.17) is 0 Å². The van der Waals surface area contributed by atoms with Gasteiger partial charge in [0.05, 0.1) is 11.3 Å². The second-order valence-electron chi connectivity index (χ2n) is 7.25. The van der Waals surface area contributed by atoms with E-state index in [-0.39, 0.29) is 11.5 Å². The standard InChI is InChI=1S/C20H29N3O3/c1-2-19(24)21-18-7-6-16(14-17(18)20(25)26)23-12-8-15(9-13-23)22-10-4-3-5-11-22/h6-7,14-15H,2-5,8-13H2,1H3,(H,21,24)(H,25,26). The first-order valence-electron chi connectivity index (χ1n) is 9.74. The number of amides is 1. The third-order valence-electron chi connectivity index (χ3n) is 5.57. The molecule has 1 aromatic rings. The number of carbonyl (C=O) groups excluding carboxylic acids is 1. The van der Waals surface area contributed by atoms with E-state index in [1.165, 1.54) is 32.4 Å². The van der Waals surface area contributed by atoms with Gasteiger partial charge in [-0.1, -0.05) is 13.3 Å². The van der Waals surface area contributed by atoms with Crippen LogP contribution in [0.2, 0.25) is 0 Å². The van der Waals surface area contributed by atoms with E-state index in [1.807, 2.05) is 6.07 Å². The van der Waals surface area contributed by atoms with Crippen LogP contribution in [0.3, 0.4) is 0 Å². The molecule has 0 aliphatic carbocycles. The number of carboxylic acids is 1. The van der Waals surface area contributed by atoms with Crippen LogP contribution in [0.15, 0.2) is 18.2 Å². The lowest BCUT2D eigenvalue weighted by Gasteiger charge is -2.41. The van der Waals surface area contributed by atoms with Crippen molar-refractivity contribution in [3.8, 4) is 0 Å². The molecule has 0 unspecified atom stereocenters. The minimum Gasteiger partial charge on any atom is -0.478 e. The molecule has 2 saturated heterocycles. The number of hydrogen-bond donors (Lipinski definition) is 2. The molecule has 0 aromatic heterocycles. The van der Waals surface area contributed by atoms with Gasteiger partial charge in [-0.05, 0) is 57.0 Å². The summed E-state index contributed by atoms with van der Waals surface area (Å²) in [6.07, 6.45) is 6.55. The van der Waals surface area contributed by atoms with Gasteiger partial charge in [-0.15, -0.1) is 0 Å². The molecular formula is C20H29N3O3. The second-order valence-corrected chi connectivity index (χ2v) is 7.25. The Hall–Kier alpha value is -2.08. The second kappa shape index (κ2) is 8.54. The van der Waals surface area contributed by atoms with E-state index >= 15 is 0 Å². The minimum atomic E-state index is -1.01. The van der Waals surface area contributed by atoms with E-state index in [0.29, 0.717) is 18.2 Å². The Labute approximate surface area is 155 Å². The zero-order valence-corrected chi connectivity index (χ0v) is 15.5. The largest absolute Gasteiger partial charge is 0.478 e. The number of likely N-dealkylation sites (tertiary alicyclic amines) is 1. The first kappa shape index (κ1) is 18.7. The van der Waals surface area contributed by atoms with E-state index in [9.17, 15) is 14.7 Å². The molecule has 6 heteroatoms. The van der Waals surface area contributed by atoms with Crippen molar-refractivity contribution < 1.29 is 14.7 Å². The summed E-state index contributed by atoms with van der Waals surface area (Å²) in [7, 11) is 0. The Morgan fingerprint density at radius 3 is 2.42 bits per heavy atom. The third kappa shape index (κ3) is 4.36. The number of aromatic carboxylic acids is 1. The summed E-state index contributed by atoms with van der Waals surface area (Å²) in [6.45, 7) is 6.08. The van der Waals surface area contributed by atoms with Gasteiger partial charge in [0, 0.05) is 31.2 Å². The number of hydrogen-bond acceptors (Lipinski definition) is 4. The Balaban J connectivity index is 1.67. The maximum absolute atomic E-state index is 11.6. The van der Waals surface area contributed by atoms with Gasteiger partial charge in [0.2, 0.25) is 5.91 Å². The SMILES string of the molecule is CCC(=O)Nc1ccc(N2CCC(N3CCCCC3)CC2)cc1C(=O)O. The highest BCUT2D eigenvalue weighted by Crippen LogP contribution is 2.28. The fourth-order valence-corrected chi connectivity index (χ4v) is 4.03. The Morgan fingerprint density at radius 1 is 1.12 bits per heavy atom. The summed E-state index contributed by atoms with van der Waals surface area (Å²) in [5.41, 5.74) is 1.45.